The molecule has 0 radical (unpaired) electrons. The van der Waals surface area contributed by atoms with Crippen LogP contribution in [0.4, 0.5) is 0 Å². The van der Waals surface area contributed by atoms with E-state index >= 15 is 0 Å². The van der Waals surface area contributed by atoms with Crippen LogP contribution >= 0.6 is 0 Å². The van der Waals surface area contributed by atoms with Crippen LogP contribution in [-0.2, 0) is 0 Å². The van der Waals surface area contributed by atoms with Crippen molar-refractivity contribution in [3.05, 3.63) is 11.1 Å². The molecule has 1 fully saturated rings. The Bertz CT molecular complexity index is 158. The lowest BCUT2D eigenvalue weighted by atomic mass is 9.88. The van der Waals surface area contributed by atoms with Gasteiger partial charge in [0.15, 0.2) is 0 Å². The van der Waals surface area contributed by atoms with E-state index < -0.39 is 0 Å². The Balaban J connectivity index is 2.58. The molecule has 1 aliphatic rings. The summed E-state index contributed by atoms with van der Waals surface area (Å²) in [6, 6.07) is 0.445. The van der Waals surface area contributed by atoms with Crippen molar-refractivity contribution in [3.8, 4) is 0 Å². The molecule has 1 rings (SSSR count). The van der Waals surface area contributed by atoms with E-state index in [1.54, 1.807) is 11.1 Å². The second-order valence-electron chi connectivity index (χ2n) is 3.59. The fourth-order valence-electron chi connectivity index (χ4n) is 1.74. The zero-order valence-electron chi connectivity index (χ0n) is 7.69. The minimum absolute atomic E-state index is 0.445. The lowest BCUT2D eigenvalue weighted by molar-refractivity contribution is 0.512. The van der Waals surface area contributed by atoms with Crippen LogP contribution in [0.1, 0.15) is 46.0 Å². The lowest BCUT2D eigenvalue weighted by Gasteiger charge is -2.22. The maximum absolute atomic E-state index is 5.88. The first-order valence-corrected chi connectivity index (χ1v) is 4.67. The van der Waals surface area contributed by atoms with E-state index in [0.717, 1.165) is 6.42 Å². The summed E-state index contributed by atoms with van der Waals surface area (Å²) in [5.74, 6) is 0. The van der Waals surface area contributed by atoms with E-state index in [0.29, 0.717) is 6.04 Å². The first-order chi connectivity index (χ1) is 5.24. The van der Waals surface area contributed by atoms with E-state index in [-0.39, 0.29) is 0 Å². The van der Waals surface area contributed by atoms with Gasteiger partial charge in [0.25, 0.3) is 0 Å². The maximum atomic E-state index is 5.88. The van der Waals surface area contributed by atoms with Crippen LogP contribution < -0.4 is 5.73 Å². The highest BCUT2D eigenvalue weighted by Crippen LogP contribution is 2.25. The molecule has 0 spiro atoms. The Hall–Kier alpha value is -0.300. The Kier molecular flexibility index (Phi) is 3.13. The van der Waals surface area contributed by atoms with Crippen molar-refractivity contribution in [1.29, 1.82) is 0 Å². The zero-order valence-corrected chi connectivity index (χ0v) is 7.69. The van der Waals surface area contributed by atoms with Gasteiger partial charge in [-0.3, -0.25) is 0 Å². The van der Waals surface area contributed by atoms with E-state index in [4.69, 9.17) is 5.73 Å². The third-order valence-electron chi connectivity index (χ3n) is 2.70. The van der Waals surface area contributed by atoms with Crippen molar-refractivity contribution in [2.24, 2.45) is 5.73 Å². The van der Waals surface area contributed by atoms with Crippen LogP contribution in [-0.4, -0.2) is 6.04 Å². The van der Waals surface area contributed by atoms with Gasteiger partial charge in [-0.2, -0.15) is 0 Å². The molecule has 0 aliphatic heterocycles. The molecule has 0 amide bonds. The SMILES string of the molecule is CCC(C)=C1CCCC(N)C1. The Morgan fingerprint density at radius 1 is 1.64 bits per heavy atom. The van der Waals surface area contributed by atoms with Gasteiger partial charge >= 0.3 is 0 Å². The fraction of sp³-hybridized carbons (Fsp3) is 0.800. The van der Waals surface area contributed by atoms with Crippen LogP contribution in [0, 0.1) is 0 Å². The molecule has 0 aromatic carbocycles. The second-order valence-corrected chi connectivity index (χ2v) is 3.59. The largest absolute Gasteiger partial charge is 0.327 e. The summed E-state index contributed by atoms with van der Waals surface area (Å²) >= 11 is 0. The molecular weight excluding hydrogens is 134 g/mol. The van der Waals surface area contributed by atoms with Gasteiger partial charge in [-0.25, -0.2) is 0 Å². The highest BCUT2D eigenvalue weighted by atomic mass is 14.6. The number of hydrogen-bond acceptors (Lipinski definition) is 1. The van der Waals surface area contributed by atoms with Crippen molar-refractivity contribution < 1.29 is 0 Å². The third-order valence-corrected chi connectivity index (χ3v) is 2.70. The summed E-state index contributed by atoms with van der Waals surface area (Å²) in [6.07, 6.45) is 6.17. The average Bonchev–Trinajstić information content (AvgIpc) is 2.03. The normalized spacial score (nSPS) is 30.3. The van der Waals surface area contributed by atoms with Crippen LogP contribution in [0.15, 0.2) is 11.1 Å². The molecule has 1 saturated carbocycles. The summed E-state index contributed by atoms with van der Waals surface area (Å²) in [4.78, 5) is 0. The summed E-state index contributed by atoms with van der Waals surface area (Å²) in [5.41, 5.74) is 9.08. The maximum Gasteiger partial charge on any atom is 0.00762 e. The minimum Gasteiger partial charge on any atom is -0.327 e. The lowest BCUT2D eigenvalue weighted by Crippen LogP contribution is -2.24. The first kappa shape index (κ1) is 8.79. The summed E-state index contributed by atoms with van der Waals surface area (Å²) < 4.78 is 0. The fourth-order valence-corrected chi connectivity index (χ4v) is 1.74. The molecule has 0 heterocycles. The first-order valence-electron chi connectivity index (χ1n) is 4.67. The van der Waals surface area contributed by atoms with Crippen LogP contribution in [0.5, 0.6) is 0 Å². The minimum atomic E-state index is 0.445. The van der Waals surface area contributed by atoms with Gasteiger partial charge in [-0.15, -0.1) is 0 Å². The second kappa shape index (κ2) is 3.91. The molecule has 1 nitrogen and oxygen atoms in total. The number of rotatable bonds is 1. The molecule has 0 aromatic heterocycles. The van der Waals surface area contributed by atoms with Crippen molar-refractivity contribution in [2.45, 2.75) is 52.0 Å². The zero-order chi connectivity index (χ0) is 8.27. The number of allylic oxidation sites excluding steroid dienone is 1. The third kappa shape index (κ3) is 2.33. The molecule has 1 heteroatoms. The van der Waals surface area contributed by atoms with Crippen molar-refractivity contribution >= 4 is 0 Å². The Morgan fingerprint density at radius 2 is 2.36 bits per heavy atom. The molecule has 1 atom stereocenters. The average molecular weight is 153 g/mol. The van der Waals surface area contributed by atoms with Gasteiger partial charge in [0.2, 0.25) is 0 Å². The van der Waals surface area contributed by atoms with Gasteiger partial charge in [-0.05, 0) is 39.0 Å². The molecule has 1 unspecified atom stereocenters. The highest BCUT2D eigenvalue weighted by Gasteiger charge is 2.13. The van der Waals surface area contributed by atoms with Crippen molar-refractivity contribution in [1.82, 2.24) is 0 Å². The molecule has 64 valence electrons. The summed E-state index contributed by atoms with van der Waals surface area (Å²) in [5, 5.41) is 0. The van der Waals surface area contributed by atoms with Gasteiger partial charge in [0.05, 0.1) is 0 Å². The standard InChI is InChI=1S/C10H19N/c1-3-8(2)9-5-4-6-10(11)7-9/h10H,3-7,11H2,1-2H3. The Morgan fingerprint density at radius 3 is 2.91 bits per heavy atom. The van der Waals surface area contributed by atoms with Crippen LogP contribution in [0.3, 0.4) is 0 Å². The predicted octanol–water partition coefficient (Wildman–Crippen LogP) is 2.61. The quantitative estimate of drug-likeness (QED) is 0.576. The summed E-state index contributed by atoms with van der Waals surface area (Å²) in [7, 11) is 0. The molecular formula is C10H19N. The molecule has 2 N–H and O–H groups in total. The Labute approximate surface area is 69.7 Å². The van der Waals surface area contributed by atoms with Gasteiger partial charge < -0.3 is 5.73 Å². The van der Waals surface area contributed by atoms with E-state index in [9.17, 15) is 0 Å². The molecule has 0 aromatic rings. The molecule has 0 saturated heterocycles. The predicted molar refractivity (Wildman–Crippen MR) is 49.4 cm³/mol. The topological polar surface area (TPSA) is 26.0 Å². The molecule has 1 aliphatic carbocycles. The highest BCUT2D eigenvalue weighted by molar-refractivity contribution is 5.14. The smallest absolute Gasteiger partial charge is 0.00762 e. The van der Waals surface area contributed by atoms with E-state index in [2.05, 4.69) is 13.8 Å². The van der Waals surface area contributed by atoms with Gasteiger partial charge in [0, 0.05) is 6.04 Å². The van der Waals surface area contributed by atoms with Gasteiger partial charge in [0.1, 0.15) is 0 Å². The van der Waals surface area contributed by atoms with Crippen LogP contribution in [0.25, 0.3) is 0 Å². The number of hydrogen-bond donors (Lipinski definition) is 1. The van der Waals surface area contributed by atoms with Crippen molar-refractivity contribution in [2.75, 3.05) is 0 Å². The number of nitrogens with two attached hydrogens (primary N) is 1. The van der Waals surface area contributed by atoms with Crippen molar-refractivity contribution in [3.63, 3.8) is 0 Å². The summed E-state index contributed by atoms with van der Waals surface area (Å²) in [6.45, 7) is 4.47. The van der Waals surface area contributed by atoms with E-state index in [1.165, 1.54) is 25.7 Å². The van der Waals surface area contributed by atoms with E-state index in [1.807, 2.05) is 0 Å². The monoisotopic (exact) mass is 153 g/mol. The van der Waals surface area contributed by atoms with Gasteiger partial charge in [-0.1, -0.05) is 18.1 Å². The molecule has 0 bridgehead atoms. The molecule has 11 heavy (non-hydrogen) atoms. The van der Waals surface area contributed by atoms with Crippen LogP contribution in [0.2, 0.25) is 0 Å².